The number of amides is 2. The molecule has 1 aromatic carbocycles. The van der Waals surface area contributed by atoms with Crippen LogP contribution in [-0.2, 0) is 6.42 Å². The number of nitrogens with one attached hydrogen (secondary N) is 3. The van der Waals surface area contributed by atoms with E-state index in [0.717, 1.165) is 17.5 Å². The molecule has 0 aliphatic heterocycles. The van der Waals surface area contributed by atoms with Crippen molar-refractivity contribution in [2.45, 2.75) is 20.3 Å². The fourth-order valence-electron chi connectivity index (χ4n) is 1.91. The zero-order valence-electron chi connectivity index (χ0n) is 11.3. The van der Waals surface area contributed by atoms with Crippen LogP contribution in [0.5, 0.6) is 0 Å². The minimum Gasteiger partial charge on any atom is -0.361 e. The largest absolute Gasteiger partial charge is 0.361 e. The molecule has 4 nitrogen and oxygen atoms in total. The lowest BCUT2D eigenvalue weighted by Crippen LogP contribution is -2.33. The number of para-hydroxylation sites is 1. The molecule has 4 heteroatoms. The maximum Gasteiger partial charge on any atom is 0.318 e. The average molecular weight is 257 g/mol. The first-order chi connectivity index (χ1) is 9.16. The van der Waals surface area contributed by atoms with Crippen LogP contribution in [0.3, 0.4) is 0 Å². The lowest BCUT2D eigenvalue weighted by Gasteiger charge is -2.04. The van der Waals surface area contributed by atoms with Gasteiger partial charge in [-0.05, 0) is 31.9 Å². The number of carbonyl (C=O) groups is 1. The van der Waals surface area contributed by atoms with Gasteiger partial charge in [-0.1, -0.05) is 23.8 Å². The monoisotopic (exact) mass is 257 g/mol. The van der Waals surface area contributed by atoms with Crippen LogP contribution >= 0.6 is 0 Å². The van der Waals surface area contributed by atoms with Gasteiger partial charge in [0.1, 0.15) is 0 Å². The topological polar surface area (TPSA) is 56.9 Å². The molecule has 2 aromatic rings. The molecule has 2 amide bonds. The highest BCUT2D eigenvalue weighted by Crippen LogP contribution is 2.17. The smallest absolute Gasteiger partial charge is 0.318 e. The molecule has 3 N–H and O–H groups in total. The summed E-state index contributed by atoms with van der Waals surface area (Å²) >= 11 is 0. The van der Waals surface area contributed by atoms with E-state index in [1.165, 1.54) is 10.9 Å². The fourth-order valence-corrected chi connectivity index (χ4v) is 1.91. The number of hydrogen-bond acceptors (Lipinski definition) is 1. The van der Waals surface area contributed by atoms with Crippen LogP contribution in [-0.4, -0.2) is 17.6 Å². The number of carbonyl (C=O) groups excluding carboxylic acids is 1. The first kappa shape index (κ1) is 13.2. The Morgan fingerprint density at radius 1 is 1.32 bits per heavy atom. The van der Waals surface area contributed by atoms with Crippen LogP contribution in [0.25, 0.3) is 10.9 Å². The third-order valence-electron chi connectivity index (χ3n) is 2.85. The summed E-state index contributed by atoms with van der Waals surface area (Å²) in [5, 5.41) is 6.73. The van der Waals surface area contributed by atoms with Gasteiger partial charge in [0.25, 0.3) is 0 Å². The molecule has 0 fully saturated rings. The minimum absolute atomic E-state index is 0.166. The van der Waals surface area contributed by atoms with Gasteiger partial charge in [-0.3, -0.25) is 0 Å². The summed E-state index contributed by atoms with van der Waals surface area (Å²) in [7, 11) is 0. The van der Waals surface area contributed by atoms with Gasteiger partial charge in [0.2, 0.25) is 0 Å². The molecule has 0 spiro atoms. The number of rotatable bonds is 4. The molecule has 0 bridgehead atoms. The second-order valence-electron chi connectivity index (χ2n) is 4.73. The molecule has 19 heavy (non-hydrogen) atoms. The lowest BCUT2D eigenvalue weighted by molar-refractivity contribution is 0.244. The summed E-state index contributed by atoms with van der Waals surface area (Å²) in [6.45, 7) is 4.49. The van der Waals surface area contributed by atoms with E-state index in [2.05, 4.69) is 21.7 Å². The van der Waals surface area contributed by atoms with Crippen molar-refractivity contribution < 1.29 is 4.79 Å². The Hall–Kier alpha value is -2.23. The van der Waals surface area contributed by atoms with E-state index < -0.39 is 0 Å². The average Bonchev–Trinajstić information content (AvgIpc) is 2.80. The summed E-state index contributed by atoms with van der Waals surface area (Å²) in [5.74, 6) is 0. The number of hydrogen-bond donors (Lipinski definition) is 3. The highest BCUT2D eigenvalue weighted by atomic mass is 16.2. The molecule has 0 saturated heterocycles. The Morgan fingerprint density at radius 3 is 2.89 bits per heavy atom. The zero-order valence-corrected chi connectivity index (χ0v) is 11.3. The zero-order chi connectivity index (χ0) is 13.7. The Labute approximate surface area is 112 Å². The van der Waals surface area contributed by atoms with E-state index in [0.29, 0.717) is 6.54 Å². The van der Waals surface area contributed by atoms with Gasteiger partial charge in [-0.2, -0.15) is 0 Å². The van der Waals surface area contributed by atoms with Crippen LogP contribution in [0.1, 0.15) is 19.4 Å². The van der Waals surface area contributed by atoms with Gasteiger partial charge in [0.15, 0.2) is 0 Å². The molecule has 0 aliphatic carbocycles. The molecule has 0 aliphatic rings. The summed E-state index contributed by atoms with van der Waals surface area (Å²) in [4.78, 5) is 14.7. The predicted octanol–water partition coefficient (Wildman–Crippen LogP) is 2.93. The Balaban J connectivity index is 1.86. The van der Waals surface area contributed by atoms with Gasteiger partial charge < -0.3 is 15.6 Å². The summed E-state index contributed by atoms with van der Waals surface area (Å²) in [6, 6.07) is 8.00. The van der Waals surface area contributed by atoms with Gasteiger partial charge in [-0.15, -0.1) is 0 Å². The van der Waals surface area contributed by atoms with Crippen molar-refractivity contribution in [3.05, 3.63) is 47.8 Å². The number of fused-ring (bicyclic) bond motifs is 1. The van der Waals surface area contributed by atoms with E-state index in [9.17, 15) is 4.79 Å². The van der Waals surface area contributed by atoms with Gasteiger partial charge in [-0.25, -0.2) is 4.79 Å². The van der Waals surface area contributed by atoms with Crippen molar-refractivity contribution in [1.29, 1.82) is 0 Å². The molecule has 0 saturated carbocycles. The molecular formula is C15H19N3O. The second kappa shape index (κ2) is 6.09. The van der Waals surface area contributed by atoms with Crippen molar-refractivity contribution in [2.24, 2.45) is 0 Å². The molecular weight excluding hydrogens is 238 g/mol. The van der Waals surface area contributed by atoms with Gasteiger partial charge >= 0.3 is 6.03 Å². The normalized spacial score (nSPS) is 10.2. The molecule has 100 valence electrons. The molecule has 1 aromatic heterocycles. The van der Waals surface area contributed by atoms with E-state index >= 15 is 0 Å². The minimum atomic E-state index is -0.166. The second-order valence-corrected chi connectivity index (χ2v) is 4.73. The van der Waals surface area contributed by atoms with E-state index in [1.54, 1.807) is 6.20 Å². The first-order valence-corrected chi connectivity index (χ1v) is 6.39. The number of aromatic amines is 1. The third kappa shape index (κ3) is 3.61. The number of aromatic nitrogens is 1. The van der Waals surface area contributed by atoms with E-state index in [1.807, 2.05) is 38.2 Å². The van der Waals surface area contributed by atoms with Crippen LogP contribution < -0.4 is 10.6 Å². The molecule has 0 unspecified atom stereocenters. The number of H-pyrrole nitrogens is 1. The SMILES string of the molecule is CC(C)=CNC(=O)NCCc1c[nH]c2ccccc12. The molecule has 2 rings (SSSR count). The van der Waals surface area contributed by atoms with Gasteiger partial charge in [0, 0.05) is 29.8 Å². The van der Waals surface area contributed by atoms with Crippen molar-refractivity contribution in [2.75, 3.05) is 6.54 Å². The standard InChI is InChI=1S/C15H19N3O/c1-11(2)9-18-15(19)16-8-7-12-10-17-14-6-4-3-5-13(12)14/h3-6,9-10,17H,7-8H2,1-2H3,(H2,16,18,19). The molecule has 1 heterocycles. The van der Waals surface area contributed by atoms with E-state index in [-0.39, 0.29) is 6.03 Å². The van der Waals surface area contributed by atoms with E-state index in [4.69, 9.17) is 0 Å². The Morgan fingerprint density at radius 2 is 2.11 bits per heavy atom. The summed E-state index contributed by atoms with van der Waals surface area (Å²) in [6.07, 6.45) is 4.51. The van der Waals surface area contributed by atoms with Crippen molar-refractivity contribution in [1.82, 2.24) is 15.6 Å². The lowest BCUT2D eigenvalue weighted by atomic mass is 10.1. The van der Waals surface area contributed by atoms with Crippen LogP contribution in [0.15, 0.2) is 42.2 Å². The third-order valence-corrected chi connectivity index (χ3v) is 2.85. The predicted molar refractivity (Wildman–Crippen MR) is 78.0 cm³/mol. The Bertz CT molecular complexity index is 594. The van der Waals surface area contributed by atoms with Crippen LogP contribution in [0.2, 0.25) is 0 Å². The number of allylic oxidation sites excluding steroid dienone is 1. The Kier molecular flexibility index (Phi) is 4.23. The fraction of sp³-hybridized carbons (Fsp3) is 0.267. The summed E-state index contributed by atoms with van der Waals surface area (Å²) in [5.41, 5.74) is 3.41. The highest BCUT2D eigenvalue weighted by molar-refractivity contribution is 5.83. The van der Waals surface area contributed by atoms with Crippen molar-refractivity contribution >= 4 is 16.9 Å². The summed E-state index contributed by atoms with van der Waals surface area (Å²) < 4.78 is 0. The highest BCUT2D eigenvalue weighted by Gasteiger charge is 2.03. The maximum atomic E-state index is 11.5. The van der Waals surface area contributed by atoms with Crippen LogP contribution in [0, 0.1) is 0 Å². The van der Waals surface area contributed by atoms with Crippen LogP contribution in [0.4, 0.5) is 4.79 Å². The van der Waals surface area contributed by atoms with Crippen molar-refractivity contribution in [3.63, 3.8) is 0 Å². The van der Waals surface area contributed by atoms with Gasteiger partial charge in [0.05, 0.1) is 0 Å². The number of benzene rings is 1. The first-order valence-electron chi connectivity index (χ1n) is 6.39. The molecule has 0 radical (unpaired) electrons. The maximum absolute atomic E-state index is 11.5. The number of urea groups is 1. The quantitative estimate of drug-likeness (QED) is 0.775. The van der Waals surface area contributed by atoms with Crippen molar-refractivity contribution in [3.8, 4) is 0 Å². The molecule has 0 atom stereocenters.